The van der Waals surface area contributed by atoms with Gasteiger partial charge in [0.25, 0.3) is 0 Å². The van der Waals surface area contributed by atoms with Crippen molar-refractivity contribution in [2.75, 3.05) is 23.3 Å². The van der Waals surface area contributed by atoms with Crippen molar-refractivity contribution in [3.8, 4) is 11.1 Å². The number of primary sulfonamides is 1. The normalized spacial score (nSPS) is 11.1. The number of rotatable bonds is 11. The molecule has 3 aromatic carbocycles. The minimum Gasteiger partial charge on any atom is -0.384 e. The molecule has 0 heterocycles. The number of amides is 1. The van der Waals surface area contributed by atoms with Crippen molar-refractivity contribution in [1.82, 2.24) is 0 Å². The molecule has 0 bridgehead atoms. The summed E-state index contributed by atoms with van der Waals surface area (Å²) in [5, 5.41) is 15.9. The molecule has 1 amide bonds. The lowest BCUT2D eigenvalue weighted by Gasteiger charge is -2.25. The predicted octanol–water partition coefficient (Wildman–Crippen LogP) is 3.92. The maximum absolute atomic E-state index is 12.9. The summed E-state index contributed by atoms with van der Waals surface area (Å²) in [6.07, 6.45) is 3.05. The van der Waals surface area contributed by atoms with Crippen LogP contribution in [0.25, 0.3) is 11.1 Å². The van der Waals surface area contributed by atoms with E-state index < -0.39 is 10.0 Å². The summed E-state index contributed by atoms with van der Waals surface area (Å²) in [6, 6.07) is 20.8. The number of carbonyl (C=O) groups is 1. The third-order valence-electron chi connectivity index (χ3n) is 5.56. The molecular weight excluding hydrogens is 462 g/mol. The van der Waals surface area contributed by atoms with Crippen LogP contribution in [0.5, 0.6) is 0 Å². The summed E-state index contributed by atoms with van der Waals surface area (Å²) in [4.78, 5) is 14.9. The zero-order chi connectivity index (χ0) is 25.4. The van der Waals surface area contributed by atoms with E-state index in [-0.39, 0.29) is 23.2 Å². The van der Waals surface area contributed by atoms with Crippen molar-refractivity contribution in [3.05, 3.63) is 78.4 Å². The number of anilines is 2. The van der Waals surface area contributed by atoms with Crippen LogP contribution < -0.4 is 21.1 Å². The summed E-state index contributed by atoms with van der Waals surface area (Å²) in [7, 11) is -3.87. The fourth-order valence-electron chi connectivity index (χ4n) is 3.78. The second-order valence-corrected chi connectivity index (χ2v) is 9.79. The van der Waals surface area contributed by atoms with E-state index in [1.165, 1.54) is 6.07 Å². The minimum absolute atomic E-state index is 0.0195. The third kappa shape index (κ3) is 7.14. The van der Waals surface area contributed by atoms with Gasteiger partial charge in [0, 0.05) is 29.0 Å². The van der Waals surface area contributed by atoms with Crippen LogP contribution in [0.15, 0.2) is 77.7 Å². The molecule has 35 heavy (non-hydrogen) atoms. The number of sulfonamides is 1. The molecule has 0 saturated heterocycles. The summed E-state index contributed by atoms with van der Waals surface area (Å²) in [6.45, 7) is 2.96. The second-order valence-electron chi connectivity index (χ2n) is 8.26. The Kier molecular flexibility index (Phi) is 8.62. The average Bonchev–Trinajstić information content (AvgIpc) is 2.83. The molecule has 0 fully saturated rings. The number of benzene rings is 3. The standard InChI is InChI=1S/C26H31N5O3S/c1-2-3-6-16-31(22-9-7-8-20(17-22)26(27)28)18-25(32)30-21-14-12-19(13-15-21)23-10-4-5-11-24(23)35(29,33)34/h4-5,7-15,17H,2-3,6,16,18H2,1H3,(H3,27,28)(H,30,32)(H2,29,33,34). The van der Waals surface area contributed by atoms with E-state index in [0.717, 1.165) is 24.9 Å². The van der Waals surface area contributed by atoms with Crippen LogP contribution in [0, 0.1) is 5.41 Å². The zero-order valence-electron chi connectivity index (χ0n) is 19.7. The summed E-state index contributed by atoms with van der Waals surface area (Å²) < 4.78 is 23.8. The number of hydrogen-bond acceptors (Lipinski definition) is 5. The van der Waals surface area contributed by atoms with Crippen molar-refractivity contribution >= 4 is 33.1 Å². The number of nitrogens with zero attached hydrogens (tertiary/aromatic N) is 1. The molecule has 184 valence electrons. The first-order valence-electron chi connectivity index (χ1n) is 11.4. The van der Waals surface area contributed by atoms with Crippen molar-refractivity contribution in [2.24, 2.45) is 10.9 Å². The summed E-state index contributed by atoms with van der Waals surface area (Å²) in [5.41, 5.74) is 8.85. The first kappa shape index (κ1) is 25.9. The molecule has 0 aliphatic carbocycles. The Morgan fingerprint density at radius 1 is 1.00 bits per heavy atom. The Hall–Kier alpha value is -3.69. The summed E-state index contributed by atoms with van der Waals surface area (Å²) in [5.74, 6) is -0.207. The van der Waals surface area contributed by atoms with Crippen molar-refractivity contribution in [2.45, 2.75) is 31.1 Å². The molecule has 0 aliphatic rings. The SMILES string of the molecule is CCCCCN(CC(=O)Nc1ccc(-c2ccccc2S(N)(=O)=O)cc1)c1cccc(C(=N)N)c1. The zero-order valence-corrected chi connectivity index (χ0v) is 20.5. The van der Waals surface area contributed by atoms with Gasteiger partial charge in [0.05, 0.1) is 11.4 Å². The second kappa shape index (κ2) is 11.6. The molecule has 0 aliphatic heterocycles. The molecule has 9 heteroatoms. The highest BCUT2D eigenvalue weighted by atomic mass is 32.2. The van der Waals surface area contributed by atoms with Crippen LogP contribution in [0.4, 0.5) is 11.4 Å². The van der Waals surface area contributed by atoms with Crippen LogP contribution in [0.2, 0.25) is 0 Å². The molecule has 8 nitrogen and oxygen atoms in total. The molecule has 0 radical (unpaired) electrons. The highest BCUT2D eigenvalue weighted by Crippen LogP contribution is 2.27. The lowest BCUT2D eigenvalue weighted by Crippen LogP contribution is -2.34. The number of carbonyl (C=O) groups excluding carboxylic acids is 1. The predicted molar refractivity (Wildman–Crippen MR) is 141 cm³/mol. The van der Waals surface area contributed by atoms with Crippen LogP contribution in [-0.2, 0) is 14.8 Å². The van der Waals surface area contributed by atoms with Gasteiger partial charge in [-0.05, 0) is 42.3 Å². The molecule has 6 N–H and O–H groups in total. The van der Waals surface area contributed by atoms with E-state index >= 15 is 0 Å². The molecule has 3 aromatic rings. The van der Waals surface area contributed by atoms with Gasteiger partial charge in [-0.15, -0.1) is 0 Å². The van der Waals surface area contributed by atoms with Gasteiger partial charge >= 0.3 is 0 Å². The van der Waals surface area contributed by atoms with E-state index in [9.17, 15) is 13.2 Å². The average molecular weight is 494 g/mol. The fourth-order valence-corrected chi connectivity index (χ4v) is 4.54. The maximum Gasteiger partial charge on any atom is 0.243 e. The van der Waals surface area contributed by atoms with Gasteiger partial charge in [-0.3, -0.25) is 10.2 Å². The maximum atomic E-state index is 12.9. The topological polar surface area (TPSA) is 142 Å². The third-order valence-corrected chi connectivity index (χ3v) is 6.53. The molecule has 0 unspecified atom stereocenters. The van der Waals surface area contributed by atoms with Gasteiger partial charge in [-0.25, -0.2) is 13.6 Å². The van der Waals surface area contributed by atoms with Gasteiger partial charge in [-0.2, -0.15) is 0 Å². The smallest absolute Gasteiger partial charge is 0.243 e. The summed E-state index contributed by atoms with van der Waals surface area (Å²) >= 11 is 0. The van der Waals surface area contributed by atoms with E-state index in [2.05, 4.69) is 12.2 Å². The van der Waals surface area contributed by atoms with Gasteiger partial charge in [0.1, 0.15) is 5.84 Å². The molecule has 3 rings (SSSR count). The molecule has 0 spiro atoms. The van der Waals surface area contributed by atoms with E-state index in [0.29, 0.717) is 28.9 Å². The first-order chi connectivity index (χ1) is 16.7. The Balaban J connectivity index is 1.74. The van der Waals surface area contributed by atoms with Crippen LogP contribution in [0.3, 0.4) is 0 Å². The number of nitrogens with two attached hydrogens (primary N) is 2. The van der Waals surface area contributed by atoms with Crippen LogP contribution in [-0.4, -0.2) is 33.3 Å². The lowest BCUT2D eigenvalue weighted by molar-refractivity contribution is -0.115. The number of nitrogens with one attached hydrogen (secondary N) is 2. The highest BCUT2D eigenvalue weighted by Gasteiger charge is 2.16. The minimum atomic E-state index is -3.87. The fraction of sp³-hybridized carbons (Fsp3) is 0.231. The molecule has 0 aromatic heterocycles. The van der Waals surface area contributed by atoms with Gasteiger partial charge in [0.2, 0.25) is 15.9 Å². The quantitative estimate of drug-likeness (QED) is 0.182. The molecular formula is C26H31N5O3S. The largest absolute Gasteiger partial charge is 0.384 e. The lowest BCUT2D eigenvalue weighted by atomic mass is 10.1. The number of amidine groups is 1. The van der Waals surface area contributed by atoms with E-state index in [1.807, 2.05) is 23.1 Å². The van der Waals surface area contributed by atoms with E-state index in [4.69, 9.17) is 16.3 Å². The Morgan fingerprint density at radius 3 is 2.37 bits per heavy atom. The van der Waals surface area contributed by atoms with Crippen LogP contribution in [0.1, 0.15) is 31.7 Å². The van der Waals surface area contributed by atoms with Crippen molar-refractivity contribution in [3.63, 3.8) is 0 Å². The van der Waals surface area contributed by atoms with Gasteiger partial charge in [-0.1, -0.05) is 62.2 Å². The first-order valence-corrected chi connectivity index (χ1v) is 12.9. The number of unbranched alkanes of at least 4 members (excludes halogenated alkanes) is 2. The molecule has 0 saturated carbocycles. The molecule has 0 atom stereocenters. The van der Waals surface area contributed by atoms with Gasteiger partial charge in [0.15, 0.2) is 0 Å². The van der Waals surface area contributed by atoms with E-state index in [1.54, 1.807) is 48.5 Å². The Bertz CT molecular complexity index is 1290. The Morgan fingerprint density at radius 2 is 1.71 bits per heavy atom. The van der Waals surface area contributed by atoms with Crippen molar-refractivity contribution < 1.29 is 13.2 Å². The Labute approximate surface area is 206 Å². The monoisotopic (exact) mass is 493 g/mol. The highest BCUT2D eigenvalue weighted by molar-refractivity contribution is 7.89. The number of hydrogen-bond donors (Lipinski definition) is 4. The van der Waals surface area contributed by atoms with Crippen molar-refractivity contribution in [1.29, 1.82) is 5.41 Å². The number of nitrogen functional groups attached to an aromatic ring is 1. The van der Waals surface area contributed by atoms with Gasteiger partial charge < -0.3 is 16.0 Å². The van der Waals surface area contributed by atoms with Crippen LogP contribution >= 0.6 is 0 Å².